The molecule has 0 amide bonds. The summed E-state index contributed by atoms with van der Waals surface area (Å²) >= 11 is 0. The molecule has 0 radical (unpaired) electrons. The van der Waals surface area contributed by atoms with Crippen molar-refractivity contribution in [3.05, 3.63) is 59.6 Å². The Kier molecular flexibility index (Phi) is 7.92. The van der Waals surface area contributed by atoms with Crippen molar-refractivity contribution in [2.45, 2.75) is 30.8 Å². The highest BCUT2D eigenvalue weighted by Crippen LogP contribution is 2.42. The third-order valence-electron chi connectivity index (χ3n) is 9.33. The molecular formula is C34H33F3N6O3. The highest BCUT2D eigenvalue weighted by atomic mass is 19.1. The Morgan fingerprint density at radius 1 is 1.24 bits per heavy atom. The Bertz CT molecular complexity index is 1910. The Morgan fingerprint density at radius 2 is 2.11 bits per heavy atom. The zero-order chi connectivity index (χ0) is 32.0. The van der Waals surface area contributed by atoms with Crippen LogP contribution < -0.4 is 15.0 Å². The van der Waals surface area contributed by atoms with Crippen LogP contribution in [0.1, 0.15) is 24.8 Å². The van der Waals surface area contributed by atoms with Crippen LogP contribution in [0.5, 0.6) is 11.8 Å². The smallest absolute Gasteiger partial charge is 0.319 e. The molecule has 2 N–H and O–H groups in total. The Morgan fingerprint density at radius 3 is 2.91 bits per heavy atom. The Labute approximate surface area is 264 Å². The number of ether oxygens (including phenoxy) is 2. The molecule has 2 unspecified atom stereocenters. The van der Waals surface area contributed by atoms with Crippen molar-refractivity contribution >= 4 is 27.5 Å². The fourth-order valence-electron chi connectivity index (χ4n) is 7.25. The molecule has 0 bridgehead atoms. The minimum absolute atomic E-state index is 0.0104. The summed E-state index contributed by atoms with van der Waals surface area (Å²) in [6.07, 6.45) is 10.2. The van der Waals surface area contributed by atoms with Gasteiger partial charge < -0.3 is 24.8 Å². The van der Waals surface area contributed by atoms with Crippen molar-refractivity contribution in [1.29, 1.82) is 0 Å². The van der Waals surface area contributed by atoms with E-state index < -0.39 is 11.6 Å². The van der Waals surface area contributed by atoms with E-state index in [1.54, 1.807) is 7.11 Å². The average molecular weight is 631 g/mol. The molecule has 2 aromatic carbocycles. The predicted octanol–water partition coefficient (Wildman–Crippen LogP) is 4.71. The molecule has 3 saturated heterocycles. The van der Waals surface area contributed by atoms with Gasteiger partial charge in [-0.25, -0.2) is 13.2 Å². The van der Waals surface area contributed by atoms with Crippen LogP contribution in [0.25, 0.3) is 32.9 Å². The van der Waals surface area contributed by atoms with Gasteiger partial charge in [-0.05, 0) is 55.0 Å². The molecule has 3 fully saturated rings. The first-order chi connectivity index (χ1) is 22.3. The van der Waals surface area contributed by atoms with Crippen LogP contribution in [0.15, 0.2) is 42.4 Å². The molecule has 3 aliphatic heterocycles. The van der Waals surface area contributed by atoms with E-state index >= 15 is 4.39 Å². The fraction of sp³-hybridized carbons (Fsp3) is 0.382. The third-order valence-corrected chi connectivity index (χ3v) is 9.33. The quantitative estimate of drug-likeness (QED) is 0.282. The van der Waals surface area contributed by atoms with Gasteiger partial charge >= 0.3 is 6.01 Å². The topological polar surface area (TPSA) is 95.9 Å². The van der Waals surface area contributed by atoms with Gasteiger partial charge in [-0.15, -0.1) is 6.42 Å². The second kappa shape index (κ2) is 12.1. The first kappa shape index (κ1) is 30.2. The van der Waals surface area contributed by atoms with Gasteiger partial charge in [0.05, 0.1) is 29.4 Å². The number of phenolic OH excluding ortho intramolecular Hbond substituents is 1. The number of nitrogens with one attached hydrogen (secondary N) is 1. The highest BCUT2D eigenvalue weighted by molar-refractivity contribution is 6.03. The molecule has 238 valence electrons. The molecule has 0 spiro atoms. The lowest BCUT2D eigenvalue weighted by molar-refractivity contribution is 0.108. The number of halogens is 3. The number of benzene rings is 2. The molecular weight excluding hydrogens is 597 g/mol. The summed E-state index contributed by atoms with van der Waals surface area (Å²) in [6.45, 7) is 3.84. The molecule has 4 aromatic rings. The first-order valence-electron chi connectivity index (χ1n) is 15.3. The average Bonchev–Trinajstić information content (AvgIpc) is 3.61. The summed E-state index contributed by atoms with van der Waals surface area (Å²) in [5, 5.41) is 15.0. The van der Waals surface area contributed by atoms with Gasteiger partial charge in [0.25, 0.3) is 0 Å². The SMILES string of the molecule is C#Cc1c(F)ccc2cc(O)cc(-c3ncc4c(N5CCNC(COC)C5)nc(OCC56CCCN5C/C(=C\F)C6)nc4c3F)c12. The van der Waals surface area contributed by atoms with Gasteiger partial charge in [0.2, 0.25) is 0 Å². The lowest BCUT2D eigenvalue weighted by Gasteiger charge is -2.35. The lowest BCUT2D eigenvalue weighted by atomic mass is 9.94. The van der Waals surface area contributed by atoms with Crippen LogP contribution in [-0.4, -0.2) is 89.6 Å². The fourth-order valence-corrected chi connectivity index (χ4v) is 7.25. The second-order valence-corrected chi connectivity index (χ2v) is 12.2. The minimum Gasteiger partial charge on any atom is -0.508 e. The van der Waals surface area contributed by atoms with Gasteiger partial charge in [0.1, 0.15) is 35.2 Å². The van der Waals surface area contributed by atoms with Crippen molar-refractivity contribution in [3.63, 3.8) is 0 Å². The molecule has 2 atom stereocenters. The maximum absolute atomic E-state index is 16.8. The molecule has 5 heterocycles. The summed E-state index contributed by atoms with van der Waals surface area (Å²) in [5.74, 6) is 1.21. The van der Waals surface area contributed by atoms with Crippen LogP contribution in [0.2, 0.25) is 0 Å². The molecule has 12 heteroatoms. The van der Waals surface area contributed by atoms with Gasteiger partial charge in [-0.2, -0.15) is 9.97 Å². The Hall–Kier alpha value is -4.44. The van der Waals surface area contributed by atoms with Gasteiger partial charge in [0.15, 0.2) is 5.82 Å². The first-order valence-corrected chi connectivity index (χ1v) is 15.3. The van der Waals surface area contributed by atoms with Crippen molar-refractivity contribution < 1.29 is 27.8 Å². The van der Waals surface area contributed by atoms with Crippen LogP contribution in [0.4, 0.5) is 19.0 Å². The predicted molar refractivity (Wildman–Crippen MR) is 169 cm³/mol. The van der Waals surface area contributed by atoms with Crippen molar-refractivity contribution in [2.75, 3.05) is 57.9 Å². The molecule has 0 aliphatic carbocycles. The standard InChI is InChI=1S/C34H33F3N6O3/c1-3-24-27(36)6-5-21-11-23(44)12-25(28(21)24)30-29(37)31-26(15-39-30)32(42-10-8-38-22(17-42)18-45-2)41-33(40-31)46-19-34-7-4-9-43(34)16-20(13-34)14-35/h1,5-6,11-12,14-15,22,38,44H,4,7-10,13,16-19H2,2H3/b20-14-. The van der Waals surface area contributed by atoms with Gasteiger partial charge in [-0.1, -0.05) is 12.0 Å². The van der Waals surface area contributed by atoms with Crippen molar-refractivity contribution in [3.8, 4) is 35.4 Å². The molecule has 9 nitrogen and oxygen atoms in total. The van der Waals surface area contributed by atoms with Gasteiger partial charge in [-0.3, -0.25) is 9.88 Å². The van der Waals surface area contributed by atoms with E-state index in [0.717, 1.165) is 25.0 Å². The van der Waals surface area contributed by atoms with E-state index in [1.165, 1.54) is 30.5 Å². The number of pyridine rings is 1. The number of aromatic hydroxyl groups is 1. The summed E-state index contributed by atoms with van der Waals surface area (Å²) in [5.41, 5.74) is 0.203. The number of methoxy groups -OCH3 is 1. The molecule has 0 saturated carbocycles. The monoisotopic (exact) mass is 630 g/mol. The third kappa shape index (κ3) is 5.18. The maximum atomic E-state index is 16.8. The number of rotatable bonds is 7. The number of anilines is 1. The summed E-state index contributed by atoms with van der Waals surface area (Å²) in [6, 6.07) is 5.42. The largest absolute Gasteiger partial charge is 0.508 e. The molecule has 3 aliphatic rings. The zero-order valence-electron chi connectivity index (χ0n) is 25.3. The number of terminal acetylenes is 1. The Balaban J connectivity index is 1.37. The van der Waals surface area contributed by atoms with E-state index in [4.69, 9.17) is 20.9 Å². The van der Waals surface area contributed by atoms with Gasteiger partial charge in [0, 0.05) is 56.5 Å². The van der Waals surface area contributed by atoms with E-state index in [1.807, 2.05) is 4.90 Å². The minimum atomic E-state index is -0.794. The van der Waals surface area contributed by atoms with Crippen molar-refractivity contribution in [1.82, 2.24) is 25.2 Å². The number of nitrogens with zero attached hydrogens (tertiary/aromatic N) is 5. The molecule has 2 aromatic heterocycles. The number of fused-ring (bicyclic) bond motifs is 3. The van der Waals surface area contributed by atoms with E-state index in [9.17, 15) is 13.9 Å². The highest BCUT2D eigenvalue weighted by Gasteiger charge is 2.47. The number of hydrogen-bond acceptors (Lipinski definition) is 9. The second-order valence-electron chi connectivity index (χ2n) is 12.2. The number of aromatic nitrogens is 3. The van der Waals surface area contributed by atoms with E-state index in [-0.39, 0.29) is 57.7 Å². The summed E-state index contributed by atoms with van der Waals surface area (Å²) in [4.78, 5) is 18.0. The van der Waals surface area contributed by atoms with E-state index in [2.05, 4.69) is 26.1 Å². The van der Waals surface area contributed by atoms with E-state index in [0.29, 0.717) is 62.1 Å². The molecule has 7 rings (SSSR count). The van der Waals surface area contributed by atoms with Crippen molar-refractivity contribution in [2.24, 2.45) is 0 Å². The maximum Gasteiger partial charge on any atom is 0.319 e. The summed E-state index contributed by atoms with van der Waals surface area (Å²) in [7, 11) is 1.63. The zero-order valence-corrected chi connectivity index (χ0v) is 25.3. The summed E-state index contributed by atoms with van der Waals surface area (Å²) < 4.78 is 56.7. The van der Waals surface area contributed by atoms with Crippen LogP contribution in [0.3, 0.4) is 0 Å². The lowest BCUT2D eigenvalue weighted by Crippen LogP contribution is -2.53. The number of piperazine rings is 1. The number of phenols is 1. The number of hydrogen-bond donors (Lipinski definition) is 2. The van der Waals surface area contributed by atoms with Crippen LogP contribution in [-0.2, 0) is 4.74 Å². The van der Waals surface area contributed by atoms with Crippen LogP contribution >= 0.6 is 0 Å². The normalized spacial score (nSPS) is 22.5. The molecule has 46 heavy (non-hydrogen) atoms. The van der Waals surface area contributed by atoms with Crippen LogP contribution in [0, 0.1) is 24.0 Å².